The van der Waals surface area contributed by atoms with E-state index in [0.717, 1.165) is 12.8 Å². The summed E-state index contributed by atoms with van der Waals surface area (Å²) < 4.78 is 5.40. The van der Waals surface area contributed by atoms with E-state index >= 15 is 0 Å². The van der Waals surface area contributed by atoms with Gasteiger partial charge >= 0.3 is 0 Å². The molecule has 0 aromatic carbocycles. The summed E-state index contributed by atoms with van der Waals surface area (Å²) in [6.07, 6.45) is 3.62. The first-order valence-corrected chi connectivity index (χ1v) is 5.23. The zero-order valence-corrected chi connectivity index (χ0v) is 9.94. The molecule has 0 aliphatic carbocycles. The number of ether oxygens (including phenoxy) is 1. The van der Waals surface area contributed by atoms with Crippen LogP contribution in [0.4, 0.5) is 0 Å². The Morgan fingerprint density at radius 1 is 1.43 bits per heavy atom. The van der Waals surface area contributed by atoms with Gasteiger partial charge in [0.05, 0.1) is 6.61 Å². The monoisotopic (exact) mass is 239 g/mol. The van der Waals surface area contributed by atoms with Gasteiger partial charge in [-0.15, -0.1) is 0 Å². The van der Waals surface area contributed by atoms with E-state index in [1.807, 2.05) is 0 Å². The van der Waals surface area contributed by atoms with Crippen molar-refractivity contribution in [3.8, 4) is 0 Å². The smallest absolute Gasteiger partial charge is 0.222 e. The van der Waals surface area contributed by atoms with Crippen molar-refractivity contribution in [1.29, 1.82) is 0 Å². The summed E-state index contributed by atoms with van der Waals surface area (Å²) in [5.74, 6) is 0.512. The minimum atomic E-state index is 0.171. The van der Waals surface area contributed by atoms with Gasteiger partial charge in [-0.25, -0.2) is 0 Å². The molecule has 0 atom stereocenters. The average molecular weight is 240 g/mol. The minimum absolute atomic E-state index is 0.171. The zero-order valence-electron chi connectivity index (χ0n) is 8.43. The van der Waals surface area contributed by atoms with Gasteiger partial charge in [-0.2, -0.15) is 0 Å². The SMILES string of the molecule is CCCCOC(C)=NOCC=C(Cl)Cl. The van der Waals surface area contributed by atoms with Crippen LogP contribution in [-0.2, 0) is 9.57 Å². The van der Waals surface area contributed by atoms with Crippen molar-refractivity contribution in [3.63, 3.8) is 0 Å². The first-order chi connectivity index (χ1) is 6.66. The Morgan fingerprint density at radius 3 is 2.71 bits per heavy atom. The Kier molecular flexibility index (Phi) is 8.89. The van der Waals surface area contributed by atoms with Gasteiger partial charge in [-0.1, -0.05) is 41.7 Å². The predicted molar refractivity (Wildman–Crippen MR) is 59.7 cm³/mol. The normalized spacial score (nSPS) is 11.0. The lowest BCUT2D eigenvalue weighted by molar-refractivity contribution is 0.157. The fourth-order valence-electron chi connectivity index (χ4n) is 0.619. The Balaban J connectivity index is 3.51. The van der Waals surface area contributed by atoms with Crippen LogP contribution in [-0.4, -0.2) is 19.1 Å². The van der Waals surface area contributed by atoms with Crippen molar-refractivity contribution in [1.82, 2.24) is 0 Å². The molecule has 3 nitrogen and oxygen atoms in total. The van der Waals surface area contributed by atoms with Gasteiger partial charge in [0.25, 0.3) is 0 Å². The molecule has 0 unspecified atom stereocenters. The van der Waals surface area contributed by atoms with Crippen LogP contribution in [0.1, 0.15) is 26.7 Å². The number of hydrogen-bond acceptors (Lipinski definition) is 3. The van der Waals surface area contributed by atoms with E-state index in [1.54, 1.807) is 6.92 Å². The Bertz CT molecular complexity index is 201. The summed E-state index contributed by atoms with van der Waals surface area (Å²) in [5, 5.41) is 3.70. The largest absolute Gasteiger partial charge is 0.479 e. The predicted octanol–water partition coefficient (Wildman–Crippen LogP) is 3.47. The molecule has 0 radical (unpaired) electrons. The lowest BCUT2D eigenvalue weighted by atomic mass is 10.4. The molecule has 0 saturated carbocycles. The van der Waals surface area contributed by atoms with Crippen molar-refractivity contribution in [3.05, 3.63) is 10.6 Å². The van der Waals surface area contributed by atoms with E-state index in [1.165, 1.54) is 6.08 Å². The molecule has 0 bridgehead atoms. The molecule has 82 valence electrons. The molecule has 0 spiro atoms. The third kappa shape index (κ3) is 9.68. The van der Waals surface area contributed by atoms with Crippen molar-refractivity contribution in [2.45, 2.75) is 26.7 Å². The highest BCUT2D eigenvalue weighted by Gasteiger charge is 1.91. The maximum absolute atomic E-state index is 5.36. The molecule has 0 amide bonds. The van der Waals surface area contributed by atoms with E-state index in [9.17, 15) is 0 Å². The third-order valence-corrected chi connectivity index (χ3v) is 1.62. The van der Waals surface area contributed by atoms with Gasteiger partial charge in [0.15, 0.2) is 0 Å². The van der Waals surface area contributed by atoms with E-state index in [4.69, 9.17) is 32.8 Å². The fraction of sp³-hybridized carbons (Fsp3) is 0.667. The fourth-order valence-corrected chi connectivity index (χ4v) is 0.745. The second kappa shape index (κ2) is 9.16. The zero-order chi connectivity index (χ0) is 10.8. The molecule has 14 heavy (non-hydrogen) atoms. The second-order valence-electron chi connectivity index (χ2n) is 2.60. The molecule has 0 saturated heterocycles. The highest BCUT2D eigenvalue weighted by Crippen LogP contribution is 2.05. The van der Waals surface area contributed by atoms with Crippen LogP contribution < -0.4 is 0 Å². The molecule has 0 heterocycles. The van der Waals surface area contributed by atoms with E-state index in [-0.39, 0.29) is 11.1 Å². The van der Waals surface area contributed by atoms with Crippen LogP contribution in [0.25, 0.3) is 0 Å². The lowest BCUT2D eigenvalue weighted by Crippen LogP contribution is -2.02. The molecule has 0 N–H and O–H groups in total. The second-order valence-corrected chi connectivity index (χ2v) is 3.61. The van der Waals surface area contributed by atoms with E-state index in [2.05, 4.69) is 12.1 Å². The first-order valence-electron chi connectivity index (χ1n) is 4.47. The molecule has 0 aromatic heterocycles. The van der Waals surface area contributed by atoms with Crippen molar-refractivity contribution < 1.29 is 9.57 Å². The van der Waals surface area contributed by atoms with Gasteiger partial charge < -0.3 is 9.57 Å². The van der Waals surface area contributed by atoms with E-state index in [0.29, 0.717) is 12.5 Å². The highest BCUT2D eigenvalue weighted by atomic mass is 35.5. The topological polar surface area (TPSA) is 30.8 Å². The highest BCUT2D eigenvalue weighted by molar-refractivity contribution is 6.55. The number of halogens is 2. The number of unbranched alkanes of at least 4 members (excludes halogenated alkanes) is 1. The average Bonchev–Trinajstić information content (AvgIpc) is 2.13. The van der Waals surface area contributed by atoms with Gasteiger partial charge in [-0.05, 0) is 12.5 Å². The summed E-state index contributed by atoms with van der Waals surface area (Å²) in [6, 6.07) is 0. The number of nitrogens with zero attached hydrogens (tertiary/aromatic N) is 1. The van der Waals surface area contributed by atoms with Gasteiger partial charge in [0, 0.05) is 6.92 Å². The summed E-state index contributed by atoms with van der Waals surface area (Å²) >= 11 is 10.7. The van der Waals surface area contributed by atoms with Crippen LogP contribution in [0.3, 0.4) is 0 Å². The van der Waals surface area contributed by atoms with E-state index < -0.39 is 0 Å². The third-order valence-electron chi connectivity index (χ3n) is 1.31. The molecule has 0 fully saturated rings. The molecule has 0 aliphatic heterocycles. The van der Waals surface area contributed by atoms with Gasteiger partial charge in [-0.3, -0.25) is 0 Å². The van der Waals surface area contributed by atoms with Crippen LogP contribution in [0.5, 0.6) is 0 Å². The maximum atomic E-state index is 5.36. The summed E-state index contributed by atoms with van der Waals surface area (Å²) in [5.41, 5.74) is 0. The molecular formula is C9H15Cl2NO2. The summed E-state index contributed by atoms with van der Waals surface area (Å²) in [7, 11) is 0. The Morgan fingerprint density at radius 2 is 2.14 bits per heavy atom. The quantitative estimate of drug-likeness (QED) is 0.308. The molecular weight excluding hydrogens is 225 g/mol. The Labute approximate surface area is 94.7 Å². The standard InChI is InChI=1S/C9H15Cl2NO2/c1-3-4-6-13-8(2)12-14-7-5-9(10)11/h5H,3-4,6-7H2,1-2H3. The minimum Gasteiger partial charge on any atom is -0.479 e. The molecule has 0 aromatic rings. The molecule has 5 heteroatoms. The molecule has 0 aliphatic rings. The van der Waals surface area contributed by atoms with Gasteiger partial charge in [0.2, 0.25) is 5.90 Å². The number of hydrogen-bond donors (Lipinski definition) is 0. The number of rotatable bonds is 6. The van der Waals surface area contributed by atoms with Gasteiger partial charge in [0.1, 0.15) is 11.1 Å². The van der Waals surface area contributed by atoms with Crippen molar-refractivity contribution in [2.75, 3.05) is 13.2 Å². The first kappa shape index (κ1) is 13.6. The Hall–Kier alpha value is -0.410. The van der Waals surface area contributed by atoms with Crippen LogP contribution >= 0.6 is 23.2 Å². The van der Waals surface area contributed by atoms with Crippen molar-refractivity contribution >= 4 is 29.1 Å². The molecule has 0 rings (SSSR count). The lowest BCUT2D eigenvalue weighted by Gasteiger charge is -2.02. The van der Waals surface area contributed by atoms with Crippen LogP contribution in [0.2, 0.25) is 0 Å². The summed E-state index contributed by atoms with van der Waals surface area (Å²) in [6.45, 7) is 4.75. The maximum Gasteiger partial charge on any atom is 0.222 e. The van der Waals surface area contributed by atoms with Crippen LogP contribution in [0, 0.1) is 0 Å². The summed E-state index contributed by atoms with van der Waals surface area (Å²) in [4.78, 5) is 4.85. The van der Waals surface area contributed by atoms with Crippen molar-refractivity contribution in [2.24, 2.45) is 5.16 Å². The van der Waals surface area contributed by atoms with Crippen LogP contribution in [0.15, 0.2) is 15.7 Å². The number of oxime groups is 1.